The number of carbonyl (C=O) groups is 2. The Morgan fingerprint density at radius 3 is 2.26 bits per heavy atom. The number of aryl methyl sites for hydroxylation is 2. The van der Waals surface area contributed by atoms with Gasteiger partial charge in [0, 0.05) is 11.6 Å². The first-order valence-electron chi connectivity index (χ1n) is 10.9. The van der Waals surface area contributed by atoms with Crippen molar-refractivity contribution in [3.8, 4) is 5.75 Å². The predicted molar refractivity (Wildman–Crippen MR) is 120 cm³/mol. The number of rotatable bonds is 4. The first-order chi connectivity index (χ1) is 14.9. The fourth-order valence-corrected chi connectivity index (χ4v) is 4.74. The zero-order chi connectivity index (χ0) is 22.1. The molecule has 1 aliphatic heterocycles. The highest BCUT2D eigenvalue weighted by Gasteiger charge is 2.48. The van der Waals surface area contributed by atoms with Crippen molar-refractivity contribution in [3.63, 3.8) is 0 Å². The van der Waals surface area contributed by atoms with Crippen molar-refractivity contribution in [2.45, 2.75) is 58.0 Å². The number of nitrogens with zero attached hydrogens (tertiary/aromatic N) is 1. The Bertz CT molecular complexity index is 1030. The van der Waals surface area contributed by atoms with Crippen molar-refractivity contribution in [1.82, 2.24) is 4.90 Å². The number of benzene rings is 2. The van der Waals surface area contributed by atoms with Crippen LogP contribution in [0.3, 0.4) is 0 Å². The molecule has 1 unspecified atom stereocenters. The van der Waals surface area contributed by atoms with Crippen LogP contribution in [0.4, 0.5) is 0 Å². The van der Waals surface area contributed by atoms with Gasteiger partial charge in [0.15, 0.2) is 0 Å². The summed E-state index contributed by atoms with van der Waals surface area (Å²) in [6.07, 6.45) is 4.99. The molecule has 5 heteroatoms. The zero-order valence-electron chi connectivity index (χ0n) is 18.4. The van der Waals surface area contributed by atoms with Crippen LogP contribution in [0.15, 0.2) is 48.0 Å². The summed E-state index contributed by atoms with van der Waals surface area (Å²) in [4.78, 5) is 28.1. The molecule has 1 heterocycles. The first kappa shape index (κ1) is 21.2. The summed E-state index contributed by atoms with van der Waals surface area (Å²) in [5.74, 6) is -0.534. The molecule has 2 fully saturated rings. The molecule has 0 bridgehead atoms. The van der Waals surface area contributed by atoms with Crippen LogP contribution >= 0.6 is 0 Å². The Hall–Kier alpha value is -3.08. The number of amides is 1. The van der Waals surface area contributed by atoms with Crippen molar-refractivity contribution in [2.75, 3.05) is 7.11 Å². The number of carbonyl (C=O) groups excluding carboxylic acids is 2. The molecule has 5 nitrogen and oxygen atoms in total. The zero-order valence-corrected chi connectivity index (χ0v) is 18.4. The van der Waals surface area contributed by atoms with E-state index in [2.05, 4.69) is 0 Å². The van der Waals surface area contributed by atoms with E-state index >= 15 is 0 Å². The van der Waals surface area contributed by atoms with Crippen LogP contribution < -0.4 is 4.74 Å². The predicted octanol–water partition coefficient (Wildman–Crippen LogP) is 5.07. The van der Waals surface area contributed by atoms with Gasteiger partial charge in [0.05, 0.1) is 18.7 Å². The highest BCUT2D eigenvalue weighted by Crippen LogP contribution is 2.43. The summed E-state index contributed by atoms with van der Waals surface area (Å²) in [6, 6.07) is 12.4. The molecule has 4 rings (SSSR count). The van der Waals surface area contributed by atoms with Crippen LogP contribution in [-0.4, -0.2) is 34.8 Å². The number of aliphatic hydroxyl groups is 1. The van der Waals surface area contributed by atoms with Gasteiger partial charge in [-0.25, -0.2) is 0 Å². The van der Waals surface area contributed by atoms with Crippen LogP contribution in [0, 0.1) is 13.8 Å². The van der Waals surface area contributed by atoms with E-state index in [0.29, 0.717) is 11.3 Å². The van der Waals surface area contributed by atoms with Gasteiger partial charge in [0.25, 0.3) is 11.7 Å². The Balaban J connectivity index is 1.87. The van der Waals surface area contributed by atoms with Crippen molar-refractivity contribution in [1.29, 1.82) is 0 Å². The smallest absolute Gasteiger partial charge is 0.295 e. The minimum absolute atomic E-state index is 0.00218. The molecular formula is C26H29NO4. The lowest BCUT2D eigenvalue weighted by molar-refractivity contribution is -0.141. The second-order valence-corrected chi connectivity index (χ2v) is 8.57. The fourth-order valence-electron chi connectivity index (χ4n) is 4.74. The second-order valence-electron chi connectivity index (χ2n) is 8.57. The number of likely N-dealkylation sites (tertiary alicyclic amines) is 1. The van der Waals surface area contributed by atoms with E-state index in [1.54, 1.807) is 18.1 Å². The van der Waals surface area contributed by atoms with E-state index in [9.17, 15) is 14.7 Å². The summed E-state index contributed by atoms with van der Waals surface area (Å²) < 4.78 is 5.28. The molecule has 2 aliphatic rings. The largest absolute Gasteiger partial charge is 0.507 e. The van der Waals surface area contributed by atoms with Crippen molar-refractivity contribution in [3.05, 3.63) is 70.3 Å². The van der Waals surface area contributed by atoms with Gasteiger partial charge in [-0.15, -0.1) is 0 Å². The first-order valence-corrected chi connectivity index (χ1v) is 10.9. The van der Waals surface area contributed by atoms with Crippen LogP contribution in [0.5, 0.6) is 5.75 Å². The Morgan fingerprint density at radius 2 is 1.65 bits per heavy atom. The number of hydrogen-bond donors (Lipinski definition) is 1. The highest BCUT2D eigenvalue weighted by molar-refractivity contribution is 6.46. The maximum atomic E-state index is 13.2. The summed E-state index contributed by atoms with van der Waals surface area (Å²) in [6.45, 7) is 3.96. The summed E-state index contributed by atoms with van der Waals surface area (Å²) in [5.41, 5.74) is 3.65. The number of Topliss-reactive ketones (excluding diaryl/α,β-unsaturated/α-hetero) is 1. The SMILES string of the molecule is COc1ccc(C2/C(=C(/O)c3ccc(C)c(C)c3)C(=O)C(=O)N2C2CCCCC2)cc1. The minimum atomic E-state index is -0.609. The average Bonchev–Trinajstić information content (AvgIpc) is 3.06. The number of aliphatic hydroxyl groups excluding tert-OH is 1. The van der Waals surface area contributed by atoms with Crippen LogP contribution in [0.2, 0.25) is 0 Å². The van der Waals surface area contributed by atoms with E-state index in [1.165, 1.54) is 0 Å². The normalized spacial score (nSPS) is 21.5. The van der Waals surface area contributed by atoms with E-state index in [4.69, 9.17) is 4.74 Å². The number of methoxy groups -OCH3 is 1. The standard InChI is InChI=1S/C26H29NO4/c1-16-9-10-19(15-17(16)2)24(28)22-23(18-11-13-21(31-3)14-12-18)27(26(30)25(22)29)20-7-5-4-6-8-20/h9-15,20,23,28H,4-8H2,1-3H3/b24-22-. The van der Waals surface area contributed by atoms with Gasteiger partial charge < -0.3 is 14.7 Å². The van der Waals surface area contributed by atoms with Crippen molar-refractivity contribution in [2.24, 2.45) is 0 Å². The van der Waals surface area contributed by atoms with Gasteiger partial charge >= 0.3 is 0 Å². The monoisotopic (exact) mass is 419 g/mol. The minimum Gasteiger partial charge on any atom is -0.507 e. The molecule has 2 aromatic carbocycles. The lowest BCUT2D eigenvalue weighted by Crippen LogP contribution is -2.40. The summed E-state index contributed by atoms with van der Waals surface area (Å²) in [5, 5.41) is 11.2. The molecule has 1 atom stereocenters. The molecule has 0 aromatic heterocycles. The van der Waals surface area contributed by atoms with E-state index in [0.717, 1.165) is 48.8 Å². The molecule has 1 saturated carbocycles. The van der Waals surface area contributed by atoms with E-state index < -0.39 is 17.7 Å². The molecule has 0 radical (unpaired) electrons. The molecule has 2 aromatic rings. The number of hydrogen-bond acceptors (Lipinski definition) is 4. The van der Waals surface area contributed by atoms with Gasteiger partial charge in [0.2, 0.25) is 0 Å². The highest BCUT2D eigenvalue weighted by atomic mass is 16.5. The third-order valence-electron chi connectivity index (χ3n) is 6.66. The molecule has 1 saturated heterocycles. The molecule has 0 spiro atoms. The van der Waals surface area contributed by atoms with Crippen LogP contribution in [0.25, 0.3) is 5.76 Å². The second kappa shape index (κ2) is 8.58. The summed E-state index contributed by atoms with van der Waals surface area (Å²) in [7, 11) is 1.60. The molecule has 162 valence electrons. The molecule has 1 N–H and O–H groups in total. The van der Waals surface area contributed by atoms with Crippen molar-refractivity contribution >= 4 is 17.4 Å². The van der Waals surface area contributed by atoms with Gasteiger partial charge in [0.1, 0.15) is 11.5 Å². The van der Waals surface area contributed by atoms with Crippen LogP contribution in [-0.2, 0) is 9.59 Å². The lowest BCUT2D eigenvalue weighted by Gasteiger charge is -2.35. The lowest BCUT2D eigenvalue weighted by atomic mass is 9.90. The van der Waals surface area contributed by atoms with E-state index in [1.807, 2.05) is 50.2 Å². The maximum absolute atomic E-state index is 13.2. The van der Waals surface area contributed by atoms with Gasteiger partial charge in [-0.2, -0.15) is 0 Å². The summed E-state index contributed by atoms with van der Waals surface area (Å²) >= 11 is 0. The van der Waals surface area contributed by atoms with Gasteiger partial charge in [-0.3, -0.25) is 9.59 Å². The van der Waals surface area contributed by atoms with Gasteiger partial charge in [-0.05, 0) is 61.6 Å². The maximum Gasteiger partial charge on any atom is 0.295 e. The molecule has 1 aliphatic carbocycles. The van der Waals surface area contributed by atoms with Gasteiger partial charge in [-0.1, -0.05) is 43.5 Å². The van der Waals surface area contributed by atoms with Crippen LogP contribution in [0.1, 0.15) is 60.4 Å². The van der Waals surface area contributed by atoms with Crippen molar-refractivity contribution < 1.29 is 19.4 Å². The quantitative estimate of drug-likeness (QED) is 0.427. The third-order valence-corrected chi connectivity index (χ3v) is 6.66. The fraction of sp³-hybridized carbons (Fsp3) is 0.385. The van der Waals surface area contributed by atoms with E-state index in [-0.39, 0.29) is 17.4 Å². The number of ketones is 1. The number of ether oxygens (including phenoxy) is 1. The topological polar surface area (TPSA) is 66.8 Å². The Kier molecular flexibility index (Phi) is 5.86. The third kappa shape index (κ3) is 3.85. The molecule has 1 amide bonds. The Morgan fingerprint density at radius 1 is 0.968 bits per heavy atom. The molecular weight excluding hydrogens is 390 g/mol. The average molecular weight is 420 g/mol. The Labute approximate surface area is 183 Å². The molecule has 31 heavy (non-hydrogen) atoms.